The number of carboxylic acid groups (broad SMARTS) is 1. The van der Waals surface area contributed by atoms with Crippen LogP contribution in [0.3, 0.4) is 0 Å². The van der Waals surface area contributed by atoms with Crippen molar-refractivity contribution >= 4 is 16.0 Å². The molecule has 0 amide bonds. The number of aliphatic carboxylic acids is 1. The van der Waals surface area contributed by atoms with Crippen molar-refractivity contribution in [3.8, 4) is 0 Å². The first-order valence-corrected chi connectivity index (χ1v) is 6.65. The van der Waals surface area contributed by atoms with Gasteiger partial charge >= 0.3 is 5.97 Å². The number of hydrogen-bond acceptors (Lipinski definition) is 4. The lowest BCUT2D eigenvalue weighted by Gasteiger charge is -2.13. The van der Waals surface area contributed by atoms with Gasteiger partial charge in [-0.3, -0.25) is 9.89 Å². The number of carbonyl (C=O) groups is 1. The van der Waals surface area contributed by atoms with Crippen LogP contribution < -0.4 is 4.72 Å². The molecule has 3 N–H and O–H groups in total. The maximum atomic E-state index is 12.1. The lowest BCUT2D eigenvalue weighted by atomic mass is 10.2. The van der Waals surface area contributed by atoms with Gasteiger partial charge in [0.05, 0.1) is 11.4 Å². The van der Waals surface area contributed by atoms with Crippen molar-refractivity contribution in [3.05, 3.63) is 24.0 Å². The number of sulfonamides is 1. The number of H-pyrrole nitrogens is 1. The summed E-state index contributed by atoms with van der Waals surface area (Å²) < 4.78 is 26.2. The highest BCUT2D eigenvalue weighted by atomic mass is 32.2. The van der Waals surface area contributed by atoms with Crippen LogP contribution >= 0.6 is 0 Å². The third-order valence-corrected chi connectivity index (χ3v) is 4.06. The Labute approximate surface area is 105 Å². The highest BCUT2D eigenvalue weighted by molar-refractivity contribution is 7.89. The fraction of sp³-hybridized carbons (Fsp3) is 0.400. The lowest BCUT2D eigenvalue weighted by molar-refractivity contribution is -0.138. The molecule has 8 heteroatoms. The third-order valence-electron chi connectivity index (χ3n) is 2.33. The Kier molecular flexibility index (Phi) is 4.25. The molecule has 7 nitrogen and oxygen atoms in total. The number of aromatic nitrogens is 2. The quantitative estimate of drug-likeness (QED) is 0.647. The second kappa shape index (κ2) is 5.32. The summed E-state index contributed by atoms with van der Waals surface area (Å²) in [6, 6.07) is -1.24. The summed E-state index contributed by atoms with van der Waals surface area (Å²) in [6.07, 6.45) is 1.35. The Hall–Kier alpha value is -1.67. The molecule has 0 spiro atoms. The molecule has 0 fully saturated rings. The molecule has 0 saturated heterocycles. The smallest absolute Gasteiger partial charge is 0.322 e. The molecular weight excluding hydrogens is 258 g/mol. The topological polar surface area (TPSA) is 112 Å². The van der Waals surface area contributed by atoms with Crippen LogP contribution in [0.15, 0.2) is 17.6 Å². The first-order valence-electron chi connectivity index (χ1n) is 5.17. The average molecular weight is 273 g/mol. The minimum absolute atomic E-state index is 0.00447. The zero-order valence-electron chi connectivity index (χ0n) is 10.1. The zero-order chi connectivity index (χ0) is 13.9. The molecule has 1 atom stereocenters. The van der Waals surface area contributed by atoms with Crippen molar-refractivity contribution in [1.29, 1.82) is 0 Å². The minimum Gasteiger partial charge on any atom is -0.480 e. The summed E-state index contributed by atoms with van der Waals surface area (Å²) in [6.45, 7) is 6.48. The molecule has 100 valence electrons. The van der Waals surface area contributed by atoms with Crippen molar-refractivity contribution in [2.45, 2.75) is 31.2 Å². The Balaban J connectivity index is 3.08. The van der Waals surface area contributed by atoms with Crippen LogP contribution in [-0.2, 0) is 14.8 Å². The van der Waals surface area contributed by atoms with Crippen molar-refractivity contribution in [3.63, 3.8) is 0 Å². The van der Waals surface area contributed by atoms with Crippen molar-refractivity contribution in [2.24, 2.45) is 0 Å². The number of aromatic amines is 1. The number of carboxylic acids is 1. The molecule has 1 rings (SSSR count). The largest absolute Gasteiger partial charge is 0.480 e. The van der Waals surface area contributed by atoms with Gasteiger partial charge in [0.15, 0.2) is 0 Å². The highest BCUT2D eigenvalue weighted by Gasteiger charge is 2.28. The molecule has 1 heterocycles. The summed E-state index contributed by atoms with van der Waals surface area (Å²) in [5.74, 6) is -1.25. The summed E-state index contributed by atoms with van der Waals surface area (Å²) in [7, 11) is -3.92. The average Bonchev–Trinajstić information content (AvgIpc) is 2.58. The Morgan fingerprint density at radius 3 is 2.61 bits per heavy atom. The standard InChI is InChI=1S/C10H15N3O4S/c1-4-5-8(10(14)15)13-18(16,17)9-6(2)11-12-7(9)3/h4,8,13H,1,5H2,2-3H3,(H,11,12)(H,14,15). The van der Waals surface area contributed by atoms with E-state index in [0.29, 0.717) is 11.4 Å². The number of hydrogen-bond donors (Lipinski definition) is 3. The number of nitrogens with zero attached hydrogens (tertiary/aromatic N) is 1. The van der Waals surface area contributed by atoms with Gasteiger partial charge in [-0.2, -0.15) is 9.82 Å². The molecule has 0 saturated carbocycles. The van der Waals surface area contributed by atoms with Crippen molar-refractivity contribution < 1.29 is 18.3 Å². The molecule has 1 unspecified atom stereocenters. The fourth-order valence-corrected chi connectivity index (χ4v) is 3.12. The van der Waals surface area contributed by atoms with Crippen LogP contribution in [0.4, 0.5) is 0 Å². The van der Waals surface area contributed by atoms with Crippen LogP contribution in [0, 0.1) is 13.8 Å². The maximum Gasteiger partial charge on any atom is 0.322 e. The normalized spacial score (nSPS) is 13.2. The second-order valence-corrected chi connectivity index (χ2v) is 5.45. The van der Waals surface area contributed by atoms with E-state index in [0.717, 1.165) is 0 Å². The molecule has 0 bridgehead atoms. The van der Waals surface area contributed by atoms with Gasteiger partial charge in [0.25, 0.3) is 0 Å². The monoisotopic (exact) mass is 273 g/mol. The van der Waals surface area contributed by atoms with Crippen LogP contribution in [0.2, 0.25) is 0 Å². The van der Waals surface area contributed by atoms with Gasteiger partial charge in [-0.05, 0) is 20.3 Å². The molecule has 18 heavy (non-hydrogen) atoms. The van der Waals surface area contributed by atoms with E-state index in [4.69, 9.17) is 5.11 Å². The summed E-state index contributed by atoms with van der Waals surface area (Å²) in [4.78, 5) is 10.9. The summed E-state index contributed by atoms with van der Waals surface area (Å²) >= 11 is 0. The van der Waals surface area contributed by atoms with E-state index >= 15 is 0 Å². The van der Waals surface area contributed by atoms with Crippen LogP contribution in [0.25, 0.3) is 0 Å². The van der Waals surface area contributed by atoms with Crippen molar-refractivity contribution in [2.75, 3.05) is 0 Å². The molecule has 0 aromatic carbocycles. The predicted octanol–water partition coefficient (Wildman–Crippen LogP) is 0.334. The number of nitrogens with one attached hydrogen (secondary N) is 2. The minimum atomic E-state index is -3.92. The number of aryl methyl sites for hydroxylation is 2. The van der Waals surface area contributed by atoms with Crippen LogP contribution in [0.5, 0.6) is 0 Å². The Morgan fingerprint density at radius 1 is 1.61 bits per heavy atom. The van der Waals surface area contributed by atoms with Gasteiger partial charge in [-0.15, -0.1) is 6.58 Å². The first-order chi connectivity index (χ1) is 8.29. The molecular formula is C10H15N3O4S. The molecule has 0 aliphatic carbocycles. The second-order valence-electron chi connectivity index (χ2n) is 3.80. The van der Waals surface area contributed by atoms with E-state index < -0.39 is 22.0 Å². The van der Waals surface area contributed by atoms with Gasteiger partial charge in [0.1, 0.15) is 10.9 Å². The van der Waals surface area contributed by atoms with Gasteiger partial charge in [-0.25, -0.2) is 8.42 Å². The molecule has 0 aliphatic rings. The molecule has 0 aliphatic heterocycles. The summed E-state index contributed by atoms with van der Waals surface area (Å²) in [5.41, 5.74) is 0.658. The molecule has 1 aromatic heterocycles. The fourth-order valence-electron chi connectivity index (χ4n) is 1.55. The summed E-state index contributed by atoms with van der Waals surface area (Å²) in [5, 5.41) is 15.2. The SMILES string of the molecule is C=CCC(NS(=O)(=O)c1c(C)n[nH]c1C)C(=O)O. The number of rotatable bonds is 6. The van der Waals surface area contributed by atoms with E-state index in [1.165, 1.54) is 13.0 Å². The van der Waals surface area contributed by atoms with E-state index in [-0.39, 0.29) is 11.3 Å². The van der Waals surface area contributed by atoms with Crippen LogP contribution in [0.1, 0.15) is 17.8 Å². The molecule has 0 radical (unpaired) electrons. The van der Waals surface area contributed by atoms with E-state index in [9.17, 15) is 13.2 Å². The Bertz CT molecular complexity index is 542. The van der Waals surface area contributed by atoms with Crippen LogP contribution in [-0.4, -0.2) is 35.7 Å². The van der Waals surface area contributed by atoms with Gasteiger partial charge in [0, 0.05) is 0 Å². The van der Waals surface area contributed by atoms with Gasteiger partial charge in [0.2, 0.25) is 10.0 Å². The Morgan fingerprint density at radius 2 is 2.22 bits per heavy atom. The highest BCUT2D eigenvalue weighted by Crippen LogP contribution is 2.17. The van der Waals surface area contributed by atoms with E-state index in [1.807, 2.05) is 0 Å². The zero-order valence-corrected chi connectivity index (χ0v) is 10.9. The van der Waals surface area contributed by atoms with E-state index in [2.05, 4.69) is 21.5 Å². The molecule has 1 aromatic rings. The van der Waals surface area contributed by atoms with Gasteiger partial charge in [-0.1, -0.05) is 6.08 Å². The predicted molar refractivity (Wildman–Crippen MR) is 64.6 cm³/mol. The maximum absolute atomic E-state index is 12.1. The van der Waals surface area contributed by atoms with Crippen molar-refractivity contribution in [1.82, 2.24) is 14.9 Å². The lowest BCUT2D eigenvalue weighted by Crippen LogP contribution is -2.40. The third kappa shape index (κ3) is 2.96. The first kappa shape index (κ1) is 14.4. The van der Waals surface area contributed by atoms with Gasteiger partial charge < -0.3 is 5.11 Å². The van der Waals surface area contributed by atoms with E-state index in [1.54, 1.807) is 6.92 Å².